The lowest BCUT2D eigenvalue weighted by Gasteiger charge is -2.40. The Hall–Kier alpha value is -2.23. The van der Waals surface area contributed by atoms with E-state index in [0.29, 0.717) is 13.0 Å². The molecule has 3 N–H and O–H groups in total. The molecule has 0 saturated carbocycles. The van der Waals surface area contributed by atoms with E-state index in [2.05, 4.69) is 10.4 Å². The fraction of sp³-hybridized carbons (Fsp3) is 0.353. The van der Waals surface area contributed by atoms with Gasteiger partial charge in [-0.2, -0.15) is 10.4 Å². The van der Waals surface area contributed by atoms with Crippen LogP contribution in [0.2, 0.25) is 10.0 Å². The summed E-state index contributed by atoms with van der Waals surface area (Å²) in [5.74, 6) is -1.66. The summed E-state index contributed by atoms with van der Waals surface area (Å²) in [6.07, 6.45) is 0.783. The van der Waals surface area contributed by atoms with E-state index in [1.54, 1.807) is 13.0 Å². The maximum Gasteiger partial charge on any atom is 0.310 e. The van der Waals surface area contributed by atoms with Crippen molar-refractivity contribution in [1.82, 2.24) is 9.78 Å². The normalized spacial score (nSPS) is 15.0. The summed E-state index contributed by atoms with van der Waals surface area (Å²) >= 11 is 11.8. The fourth-order valence-corrected chi connectivity index (χ4v) is 4.39. The Morgan fingerprint density at radius 3 is 2.19 bits per heavy atom. The molecule has 0 fully saturated rings. The van der Waals surface area contributed by atoms with Gasteiger partial charge in [-0.3, -0.25) is 4.79 Å². The molecule has 0 bridgehead atoms. The number of anilines is 1. The second-order valence-electron chi connectivity index (χ2n) is 6.63. The summed E-state index contributed by atoms with van der Waals surface area (Å²) < 4.78 is 66.9. The van der Waals surface area contributed by atoms with E-state index in [1.807, 2.05) is 6.92 Å². The zero-order valence-electron chi connectivity index (χ0n) is 16.2. The van der Waals surface area contributed by atoms with E-state index in [9.17, 15) is 29.5 Å². The summed E-state index contributed by atoms with van der Waals surface area (Å²) in [6.45, 7) is 3.77. The van der Waals surface area contributed by atoms with Crippen LogP contribution in [0.15, 0.2) is 17.0 Å². The zero-order valence-corrected chi connectivity index (χ0v) is 18.6. The van der Waals surface area contributed by atoms with Crippen LogP contribution in [0.25, 0.3) is 5.69 Å². The minimum Gasteiger partial charge on any atom is -0.370 e. The van der Waals surface area contributed by atoms with Gasteiger partial charge in [0.15, 0.2) is 5.69 Å². The third-order valence-corrected chi connectivity index (χ3v) is 6.02. The Labute approximate surface area is 184 Å². The molecule has 0 radical (unpaired) electrons. The number of aromatic nitrogens is 2. The first-order valence-corrected chi connectivity index (χ1v) is 11.6. The van der Waals surface area contributed by atoms with E-state index >= 15 is 0 Å². The Bertz CT molecular complexity index is 1060. The van der Waals surface area contributed by atoms with Crippen molar-refractivity contribution < 1.29 is 24.2 Å². The number of rotatable bonds is 8. The Morgan fingerprint density at radius 1 is 1.26 bits per heavy atom. The largest absolute Gasteiger partial charge is 0.370 e. The van der Waals surface area contributed by atoms with Gasteiger partial charge in [-0.05, 0) is 25.0 Å². The molecule has 1 atom stereocenters. The molecule has 31 heavy (non-hydrogen) atoms. The van der Waals surface area contributed by atoms with Crippen LogP contribution in [-0.2, 0) is 4.79 Å². The van der Waals surface area contributed by atoms with Gasteiger partial charge < -0.3 is 11.1 Å². The van der Waals surface area contributed by atoms with Crippen molar-refractivity contribution in [3.05, 3.63) is 33.4 Å². The smallest absolute Gasteiger partial charge is 0.310 e. The SMILES string of the molecule is CCCNc1c(C(CC)C(N)=O)c(C#N)nn1-c1c(Cl)cc(S(F)(F)(F)(F)F)cc1Cl. The molecular formula is C17H18Cl2F5N5OS. The second kappa shape index (κ2) is 7.72. The highest BCUT2D eigenvalue weighted by molar-refractivity contribution is 8.45. The number of amides is 1. The van der Waals surface area contributed by atoms with Gasteiger partial charge in [0.25, 0.3) is 0 Å². The summed E-state index contributed by atoms with van der Waals surface area (Å²) in [5.41, 5.74) is 4.93. The average molecular weight is 506 g/mol. The van der Waals surface area contributed by atoms with E-state index in [1.165, 1.54) is 0 Å². The number of nitrogens with one attached hydrogen (secondary N) is 1. The first kappa shape index (κ1) is 25.0. The van der Waals surface area contributed by atoms with Crippen molar-refractivity contribution in [2.24, 2.45) is 5.73 Å². The van der Waals surface area contributed by atoms with Gasteiger partial charge in [0.2, 0.25) is 5.91 Å². The van der Waals surface area contributed by atoms with E-state index < -0.39 is 37.0 Å². The standard InChI is InChI=1S/C17H18Cl2F5N5OS/c1-3-5-27-17-14(10(4-2)16(26)30)13(8-25)28-29(17)15-11(18)6-9(7-12(15)19)31(20,21,22,23)24/h6-7,10,27H,3-5H2,1-2H3,(H2,26,30). The van der Waals surface area contributed by atoms with Gasteiger partial charge in [-0.1, -0.05) is 56.5 Å². The highest BCUT2D eigenvalue weighted by atomic mass is 35.5. The molecular weight excluding hydrogens is 488 g/mol. The lowest BCUT2D eigenvalue weighted by molar-refractivity contribution is -0.119. The average Bonchev–Trinajstić information content (AvgIpc) is 2.96. The summed E-state index contributed by atoms with van der Waals surface area (Å²) in [4.78, 5) is 9.66. The number of halogens is 7. The van der Waals surface area contributed by atoms with E-state index in [0.717, 1.165) is 4.68 Å². The van der Waals surface area contributed by atoms with Gasteiger partial charge in [0.05, 0.1) is 16.0 Å². The van der Waals surface area contributed by atoms with Crippen LogP contribution < -0.4 is 11.1 Å². The highest BCUT2D eigenvalue weighted by Gasteiger charge is 2.65. The zero-order chi connectivity index (χ0) is 23.8. The van der Waals surface area contributed by atoms with Gasteiger partial charge in [0.1, 0.15) is 22.5 Å². The van der Waals surface area contributed by atoms with Crippen LogP contribution >= 0.6 is 33.4 Å². The van der Waals surface area contributed by atoms with Crippen molar-refractivity contribution >= 4 is 45.2 Å². The van der Waals surface area contributed by atoms with Crippen LogP contribution in [0.1, 0.15) is 43.9 Å². The van der Waals surface area contributed by atoms with Crippen LogP contribution in [0.4, 0.5) is 25.2 Å². The molecule has 2 rings (SSSR count). The summed E-state index contributed by atoms with van der Waals surface area (Å²) in [5, 5.41) is 14.9. The molecule has 1 heterocycles. The minimum absolute atomic E-state index is 0.0483. The lowest BCUT2D eigenvalue weighted by Crippen LogP contribution is -2.22. The molecule has 0 spiro atoms. The minimum atomic E-state index is -10.1. The Morgan fingerprint density at radius 2 is 1.81 bits per heavy atom. The molecule has 1 aromatic carbocycles. The first-order chi connectivity index (χ1) is 14.0. The van der Waals surface area contributed by atoms with Crippen molar-refractivity contribution in [1.29, 1.82) is 5.26 Å². The number of hydrogen-bond donors (Lipinski definition) is 2. The Balaban J connectivity index is 2.87. The van der Waals surface area contributed by atoms with E-state index in [-0.39, 0.29) is 41.3 Å². The maximum atomic E-state index is 13.2. The third kappa shape index (κ3) is 5.16. The molecule has 6 nitrogen and oxygen atoms in total. The van der Waals surface area contributed by atoms with Gasteiger partial charge in [-0.15, -0.1) is 0 Å². The number of benzene rings is 1. The van der Waals surface area contributed by atoms with Crippen LogP contribution in [0, 0.1) is 11.3 Å². The second-order valence-corrected chi connectivity index (χ2v) is 9.85. The number of primary amides is 1. The molecule has 1 aromatic heterocycles. The van der Waals surface area contributed by atoms with Crippen LogP contribution in [-0.4, -0.2) is 22.2 Å². The topological polar surface area (TPSA) is 96.7 Å². The third-order valence-electron chi connectivity index (χ3n) is 4.32. The molecule has 2 aromatic rings. The van der Waals surface area contributed by atoms with Gasteiger partial charge in [0, 0.05) is 12.1 Å². The van der Waals surface area contributed by atoms with E-state index in [4.69, 9.17) is 28.9 Å². The number of carbonyl (C=O) groups excluding carboxylic acids is 1. The van der Waals surface area contributed by atoms with Crippen molar-refractivity contribution in [2.45, 2.75) is 37.5 Å². The molecule has 172 valence electrons. The lowest BCUT2D eigenvalue weighted by atomic mass is 9.95. The molecule has 0 aliphatic carbocycles. The fourth-order valence-electron chi connectivity index (χ4n) is 2.93. The molecule has 0 aliphatic rings. The van der Waals surface area contributed by atoms with Crippen LogP contribution in [0.3, 0.4) is 0 Å². The van der Waals surface area contributed by atoms with Gasteiger partial charge in [-0.25, -0.2) is 4.68 Å². The molecule has 14 heteroatoms. The molecule has 1 unspecified atom stereocenters. The number of nitriles is 1. The quantitative estimate of drug-likeness (QED) is 0.399. The monoisotopic (exact) mass is 505 g/mol. The number of nitrogens with two attached hydrogens (primary N) is 1. The van der Waals surface area contributed by atoms with Crippen molar-refractivity contribution in [3.8, 4) is 11.8 Å². The maximum absolute atomic E-state index is 13.2. The summed E-state index contributed by atoms with van der Waals surface area (Å²) in [6, 6.07) is 1.90. The first-order valence-electron chi connectivity index (χ1n) is 8.85. The predicted molar refractivity (Wildman–Crippen MR) is 111 cm³/mol. The van der Waals surface area contributed by atoms with Crippen LogP contribution in [0.5, 0.6) is 0 Å². The molecule has 1 amide bonds. The summed E-state index contributed by atoms with van der Waals surface area (Å²) in [7, 11) is -10.1. The molecule has 0 aliphatic heterocycles. The number of hydrogen-bond acceptors (Lipinski definition) is 4. The predicted octanol–water partition coefficient (Wildman–Crippen LogP) is 6.51. The number of nitrogens with zero attached hydrogens (tertiary/aromatic N) is 3. The van der Waals surface area contributed by atoms with Crippen molar-refractivity contribution in [3.63, 3.8) is 0 Å². The Kier molecular flexibility index (Phi) is 6.23. The number of carbonyl (C=O) groups is 1. The van der Waals surface area contributed by atoms with Crippen molar-refractivity contribution in [2.75, 3.05) is 11.9 Å². The molecule has 0 saturated heterocycles. The highest BCUT2D eigenvalue weighted by Crippen LogP contribution is 3.02. The van der Waals surface area contributed by atoms with Gasteiger partial charge >= 0.3 is 10.2 Å².